The first-order valence-corrected chi connectivity index (χ1v) is 21.7. The Bertz CT molecular complexity index is 2650. The zero-order chi connectivity index (χ0) is 42.6. The van der Waals surface area contributed by atoms with Gasteiger partial charge in [-0.05, 0) is 88.1 Å². The van der Waals surface area contributed by atoms with Gasteiger partial charge >= 0.3 is 5.69 Å². The molecule has 1 aliphatic carbocycles. The normalized spacial score (nSPS) is 22.9. The van der Waals surface area contributed by atoms with Crippen molar-refractivity contribution >= 4 is 61.7 Å². The Balaban J connectivity index is 0.806. The van der Waals surface area contributed by atoms with Crippen molar-refractivity contribution < 1.29 is 27.9 Å². The quantitative estimate of drug-likeness (QED) is 0.168. The molecule has 1 spiro atoms. The minimum Gasteiger partial charge on any atom is -0.494 e. The second-order valence-corrected chi connectivity index (χ2v) is 18.2. The Morgan fingerprint density at radius 3 is 2.54 bits per heavy atom. The van der Waals surface area contributed by atoms with Gasteiger partial charge in [0.25, 0.3) is 11.8 Å². The second-order valence-electron chi connectivity index (χ2n) is 17.1. The molecule has 5 aromatic rings. The van der Waals surface area contributed by atoms with Crippen LogP contribution >= 0.6 is 11.3 Å². The number of para-hydroxylation sites is 1. The number of aromatic nitrogens is 4. The van der Waals surface area contributed by atoms with Gasteiger partial charge in [0.15, 0.2) is 0 Å². The van der Waals surface area contributed by atoms with E-state index in [-0.39, 0.29) is 42.5 Å². The van der Waals surface area contributed by atoms with Gasteiger partial charge in [-0.1, -0.05) is 6.07 Å². The monoisotopic (exact) mass is 851 g/mol. The number of alkyl halides is 2. The van der Waals surface area contributed by atoms with E-state index in [1.165, 1.54) is 34.7 Å². The highest BCUT2D eigenvalue weighted by atomic mass is 32.1. The lowest BCUT2D eigenvalue weighted by Gasteiger charge is -2.52. The van der Waals surface area contributed by atoms with Crippen LogP contribution in [0.4, 0.5) is 20.2 Å². The molecular weight excluding hydrogens is 805 g/mol. The molecule has 4 fully saturated rings. The van der Waals surface area contributed by atoms with Crippen molar-refractivity contribution in [3.63, 3.8) is 0 Å². The molecule has 0 radical (unpaired) electrons. The van der Waals surface area contributed by atoms with E-state index in [0.717, 1.165) is 46.6 Å². The summed E-state index contributed by atoms with van der Waals surface area (Å²) in [7, 11) is 3.20. The summed E-state index contributed by atoms with van der Waals surface area (Å²) in [5, 5.41) is 15.5. The number of nitriles is 1. The number of anilines is 2. The van der Waals surface area contributed by atoms with E-state index >= 15 is 8.78 Å². The number of hydrogen-bond acceptors (Lipinski definition) is 11. The van der Waals surface area contributed by atoms with Crippen LogP contribution in [0.5, 0.6) is 5.75 Å². The van der Waals surface area contributed by atoms with Crippen molar-refractivity contribution in [2.45, 2.75) is 75.7 Å². The Labute approximate surface area is 354 Å². The first-order chi connectivity index (χ1) is 29.4. The Hall–Kier alpha value is -5.73. The van der Waals surface area contributed by atoms with Crippen LogP contribution < -0.4 is 26.0 Å². The van der Waals surface area contributed by atoms with Crippen LogP contribution in [0.2, 0.25) is 0 Å². The number of fused-ring (bicyclic) bond motifs is 2. The van der Waals surface area contributed by atoms with E-state index < -0.39 is 29.2 Å². The van der Waals surface area contributed by atoms with E-state index in [1.807, 2.05) is 35.2 Å². The summed E-state index contributed by atoms with van der Waals surface area (Å²) in [5.41, 5.74) is 2.42. The van der Waals surface area contributed by atoms with Crippen LogP contribution in [0.15, 0.2) is 53.6 Å². The summed E-state index contributed by atoms with van der Waals surface area (Å²) in [6.07, 6.45) is 8.01. The maximum absolute atomic E-state index is 16.4. The number of methoxy groups -OCH3 is 1. The summed E-state index contributed by atoms with van der Waals surface area (Å²) in [6.45, 7) is 1.90. The number of benzene rings is 2. The molecule has 14 nitrogen and oxygen atoms in total. The van der Waals surface area contributed by atoms with Crippen molar-refractivity contribution in [2.24, 2.45) is 18.4 Å². The van der Waals surface area contributed by atoms with Gasteiger partial charge in [0.05, 0.1) is 62.4 Å². The number of carbonyl (C=O) groups is 3. The van der Waals surface area contributed by atoms with Gasteiger partial charge in [0, 0.05) is 62.9 Å². The van der Waals surface area contributed by atoms with Crippen molar-refractivity contribution in [1.29, 1.82) is 5.26 Å². The largest absolute Gasteiger partial charge is 0.494 e. The van der Waals surface area contributed by atoms with E-state index in [9.17, 15) is 24.4 Å². The van der Waals surface area contributed by atoms with Crippen LogP contribution in [-0.2, 0) is 16.6 Å². The maximum Gasteiger partial charge on any atom is 0.329 e. The van der Waals surface area contributed by atoms with Crippen LogP contribution in [0, 0.1) is 22.7 Å². The Kier molecular flexibility index (Phi) is 10.6. The molecule has 6 heterocycles. The molecule has 2 N–H and O–H groups in total. The number of hydrogen-bond donors (Lipinski definition) is 2. The Morgan fingerprint density at radius 2 is 1.82 bits per heavy atom. The van der Waals surface area contributed by atoms with Crippen molar-refractivity contribution in [3.05, 3.63) is 75.4 Å². The molecule has 3 saturated heterocycles. The minimum atomic E-state index is -2.85. The summed E-state index contributed by atoms with van der Waals surface area (Å²) in [4.78, 5) is 64.0. The SMILES string of the molecule is COc1cc2nc(C3CCC(CN4CCC5(CCN(c6cccc7c6n(C)c(=O)n7C6CCC(=O)NC6=O)CC5)C(F)(F)C4)CC3)sc2cc1NC(=O)c1cncc(C#N)c1. The van der Waals surface area contributed by atoms with Gasteiger partial charge in [-0.25, -0.2) is 18.6 Å². The molecule has 1 unspecified atom stereocenters. The first kappa shape index (κ1) is 40.7. The molecule has 1 saturated carbocycles. The van der Waals surface area contributed by atoms with Gasteiger partial charge in [0.1, 0.15) is 17.9 Å². The van der Waals surface area contributed by atoms with Gasteiger partial charge in [-0.15, -0.1) is 11.3 Å². The molecule has 3 aliphatic heterocycles. The number of aryl methyl sites for hydroxylation is 1. The van der Waals surface area contributed by atoms with Crippen LogP contribution in [0.3, 0.4) is 0 Å². The third-order valence-electron chi connectivity index (χ3n) is 13.6. The number of pyridine rings is 1. The average Bonchev–Trinajstić information content (AvgIpc) is 3.79. The fourth-order valence-corrected chi connectivity index (χ4v) is 11.3. The number of nitrogens with one attached hydrogen (secondary N) is 2. The molecule has 3 aromatic heterocycles. The topological polar surface area (TPSA) is 167 Å². The highest BCUT2D eigenvalue weighted by Crippen LogP contribution is 2.52. The van der Waals surface area contributed by atoms with E-state index in [2.05, 4.69) is 20.5 Å². The third kappa shape index (κ3) is 7.43. The molecule has 4 aliphatic rings. The zero-order valence-corrected chi connectivity index (χ0v) is 34.9. The molecule has 2 aromatic carbocycles. The number of carbonyl (C=O) groups excluding carboxylic acids is 3. The standard InChI is InChI=1S/C44H47F2N9O5S/c1-52-38-32(4-3-5-33(38)55(42(52)59)34-10-11-37(56)51-40(34)58)54-16-13-43(14-17-54)12-15-53(25-44(43,45)46)24-26-6-8-28(9-7-26)41-50-31-19-35(60-2)30(20-36(31)61-41)49-39(57)29-18-27(21-47)22-48-23-29/h3-5,18-20,22-23,26,28,34H,6-17,24-25H2,1-2H3,(H,49,57)(H,51,56,58). The van der Waals surface area contributed by atoms with Gasteiger partial charge < -0.3 is 15.0 Å². The molecular formula is C44H47F2N9O5S. The average molecular weight is 852 g/mol. The molecule has 17 heteroatoms. The number of amides is 3. The number of imide groups is 1. The number of nitrogens with zero attached hydrogens (tertiary/aromatic N) is 7. The van der Waals surface area contributed by atoms with Gasteiger partial charge in [-0.3, -0.25) is 38.7 Å². The molecule has 0 bridgehead atoms. The fraction of sp³-hybridized carbons (Fsp3) is 0.477. The summed E-state index contributed by atoms with van der Waals surface area (Å²) in [5.74, 6) is -3.04. The predicted octanol–water partition coefficient (Wildman–Crippen LogP) is 6.36. The number of imidazole rings is 1. The number of ether oxygens (including phenoxy) is 1. The highest BCUT2D eigenvalue weighted by molar-refractivity contribution is 7.18. The number of piperidine rings is 3. The van der Waals surface area contributed by atoms with Crippen molar-refractivity contribution in [1.82, 2.24) is 29.3 Å². The van der Waals surface area contributed by atoms with Crippen LogP contribution in [0.25, 0.3) is 21.3 Å². The number of likely N-dealkylation sites (tertiary alicyclic amines) is 1. The van der Waals surface area contributed by atoms with Crippen molar-refractivity contribution in [3.8, 4) is 11.8 Å². The zero-order valence-electron chi connectivity index (χ0n) is 34.1. The van der Waals surface area contributed by atoms with Gasteiger partial charge in [-0.2, -0.15) is 5.26 Å². The summed E-state index contributed by atoms with van der Waals surface area (Å²) in [6, 6.07) is 11.9. The predicted molar refractivity (Wildman–Crippen MR) is 226 cm³/mol. The van der Waals surface area contributed by atoms with Gasteiger partial charge in [0.2, 0.25) is 11.8 Å². The summed E-state index contributed by atoms with van der Waals surface area (Å²) >= 11 is 1.60. The molecule has 3 amide bonds. The number of halogens is 2. The maximum atomic E-state index is 16.4. The lowest BCUT2D eigenvalue weighted by atomic mass is 9.68. The molecule has 61 heavy (non-hydrogen) atoms. The van der Waals surface area contributed by atoms with E-state index in [4.69, 9.17) is 9.72 Å². The van der Waals surface area contributed by atoms with E-state index in [0.29, 0.717) is 79.4 Å². The highest BCUT2D eigenvalue weighted by Gasteiger charge is 2.57. The number of rotatable bonds is 8. The lowest BCUT2D eigenvalue weighted by Crippen LogP contribution is -2.59. The van der Waals surface area contributed by atoms with Crippen molar-refractivity contribution in [2.75, 3.05) is 50.1 Å². The first-order valence-electron chi connectivity index (χ1n) is 20.9. The molecule has 1 atom stereocenters. The lowest BCUT2D eigenvalue weighted by molar-refractivity contribution is -0.179. The fourth-order valence-electron chi connectivity index (χ4n) is 10.1. The van der Waals surface area contributed by atoms with Crippen LogP contribution in [0.1, 0.15) is 90.7 Å². The molecule has 9 rings (SSSR count). The second kappa shape index (κ2) is 15.9. The van der Waals surface area contributed by atoms with E-state index in [1.54, 1.807) is 24.5 Å². The smallest absolute Gasteiger partial charge is 0.329 e. The van der Waals surface area contributed by atoms with Crippen LogP contribution in [-0.4, -0.2) is 87.5 Å². The minimum absolute atomic E-state index is 0.150. The molecule has 318 valence electrons. The Morgan fingerprint density at radius 1 is 1.05 bits per heavy atom. The summed E-state index contributed by atoms with van der Waals surface area (Å²) < 4.78 is 42.2. The third-order valence-corrected chi connectivity index (χ3v) is 14.8. The number of thiazole rings is 1.